The van der Waals surface area contributed by atoms with Gasteiger partial charge in [-0.1, -0.05) is 29.8 Å². The number of likely N-dealkylation sites (tertiary alicyclic amines) is 1. The third-order valence-electron chi connectivity index (χ3n) is 5.25. The molecule has 1 aliphatic heterocycles. The number of aryl methyl sites for hydroxylation is 1. The van der Waals surface area contributed by atoms with Crippen LogP contribution in [0.5, 0.6) is 0 Å². The van der Waals surface area contributed by atoms with Crippen LogP contribution in [0.2, 0.25) is 0 Å². The highest BCUT2D eigenvalue weighted by Gasteiger charge is 2.23. The zero-order chi connectivity index (χ0) is 19.2. The number of amides is 1. The molecule has 2 aromatic carbocycles. The van der Waals surface area contributed by atoms with Crippen molar-refractivity contribution in [2.45, 2.75) is 45.6 Å². The summed E-state index contributed by atoms with van der Waals surface area (Å²) in [5.41, 5.74) is 3.55. The highest BCUT2D eigenvalue weighted by atomic mass is 16.2. The number of piperidine rings is 1. The number of hydrogen-bond donors (Lipinski definition) is 1. The predicted octanol–water partition coefficient (Wildman–Crippen LogP) is 4.69. The molecule has 0 aromatic heterocycles. The van der Waals surface area contributed by atoms with E-state index in [1.54, 1.807) is 0 Å². The smallest absolute Gasteiger partial charge is 0.254 e. The molecule has 0 aliphatic carbocycles. The van der Waals surface area contributed by atoms with Crippen LogP contribution in [0.3, 0.4) is 0 Å². The lowest BCUT2D eigenvalue weighted by Crippen LogP contribution is -2.41. The molecular formula is C23H28N2O2. The Kier molecular flexibility index (Phi) is 6.28. The molecule has 1 fully saturated rings. The van der Waals surface area contributed by atoms with Crippen LogP contribution in [0.4, 0.5) is 5.69 Å². The van der Waals surface area contributed by atoms with Crippen molar-refractivity contribution in [1.82, 2.24) is 4.90 Å². The van der Waals surface area contributed by atoms with Gasteiger partial charge in [-0.25, -0.2) is 0 Å². The van der Waals surface area contributed by atoms with Crippen LogP contribution < -0.4 is 5.32 Å². The second-order valence-electron chi connectivity index (χ2n) is 7.39. The minimum Gasteiger partial charge on any atom is -0.385 e. The van der Waals surface area contributed by atoms with Gasteiger partial charge in [-0.15, -0.1) is 0 Å². The Morgan fingerprint density at radius 2 is 1.67 bits per heavy atom. The largest absolute Gasteiger partial charge is 0.385 e. The average molecular weight is 364 g/mol. The average Bonchev–Trinajstić information content (AvgIpc) is 2.69. The maximum Gasteiger partial charge on any atom is 0.254 e. The van der Waals surface area contributed by atoms with E-state index in [2.05, 4.69) is 12.2 Å². The van der Waals surface area contributed by atoms with Crippen molar-refractivity contribution < 1.29 is 9.59 Å². The molecule has 0 radical (unpaired) electrons. The lowest BCUT2D eigenvalue weighted by molar-refractivity contribution is 0.0635. The van der Waals surface area contributed by atoms with E-state index in [4.69, 9.17) is 0 Å². The summed E-state index contributed by atoms with van der Waals surface area (Å²) in [5, 5.41) is 3.27. The van der Waals surface area contributed by atoms with Crippen LogP contribution in [0.25, 0.3) is 0 Å². The molecule has 4 heteroatoms. The molecule has 142 valence electrons. The van der Waals surface area contributed by atoms with Crippen molar-refractivity contribution >= 4 is 17.4 Å². The van der Waals surface area contributed by atoms with E-state index in [-0.39, 0.29) is 11.7 Å². The highest BCUT2D eigenvalue weighted by Crippen LogP contribution is 2.20. The fourth-order valence-corrected chi connectivity index (χ4v) is 3.50. The third-order valence-corrected chi connectivity index (χ3v) is 5.25. The summed E-state index contributed by atoms with van der Waals surface area (Å²) in [4.78, 5) is 26.9. The summed E-state index contributed by atoms with van der Waals surface area (Å²) in [5.74, 6) is 0.247. The van der Waals surface area contributed by atoms with Crippen LogP contribution >= 0.6 is 0 Å². The second kappa shape index (κ2) is 8.85. The lowest BCUT2D eigenvalue weighted by Gasteiger charge is -2.33. The van der Waals surface area contributed by atoms with E-state index in [1.165, 1.54) is 6.42 Å². The second-order valence-corrected chi connectivity index (χ2v) is 7.39. The molecule has 0 spiro atoms. The zero-order valence-electron chi connectivity index (χ0n) is 16.2. The third kappa shape index (κ3) is 4.97. The number of carbonyl (C=O) groups is 2. The van der Waals surface area contributed by atoms with E-state index in [9.17, 15) is 9.59 Å². The van der Waals surface area contributed by atoms with E-state index in [1.807, 2.05) is 60.4 Å². The van der Waals surface area contributed by atoms with Crippen molar-refractivity contribution in [2.24, 2.45) is 0 Å². The summed E-state index contributed by atoms with van der Waals surface area (Å²) in [6.07, 6.45) is 3.81. The first-order valence-corrected chi connectivity index (χ1v) is 9.79. The Morgan fingerprint density at radius 1 is 1.00 bits per heavy atom. The van der Waals surface area contributed by atoms with Gasteiger partial charge in [-0.2, -0.15) is 0 Å². The Hall–Kier alpha value is -2.62. The van der Waals surface area contributed by atoms with Crippen LogP contribution in [0.1, 0.15) is 58.9 Å². The Labute approximate surface area is 161 Å². The number of rotatable bonds is 6. The van der Waals surface area contributed by atoms with Crippen molar-refractivity contribution in [3.8, 4) is 0 Å². The lowest BCUT2D eigenvalue weighted by atomic mass is 10.0. The van der Waals surface area contributed by atoms with Gasteiger partial charge in [0.2, 0.25) is 0 Å². The number of hydrogen-bond acceptors (Lipinski definition) is 3. The fraction of sp³-hybridized carbons (Fsp3) is 0.391. The summed E-state index contributed by atoms with van der Waals surface area (Å²) in [7, 11) is 0. The molecule has 3 rings (SSSR count). The molecule has 4 nitrogen and oxygen atoms in total. The number of benzene rings is 2. The molecule has 1 heterocycles. The van der Waals surface area contributed by atoms with Crippen LogP contribution in [-0.2, 0) is 0 Å². The Balaban J connectivity index is 1.51. The molecule has 0 bridgehead atoms. The van der Waals surface area contributed by atoms with Crippen molar-refractivity contribution in [1.29, 1.82) is 0 Å². The van der Waals surface area contributed by atoms with Crippen LogP contribution in [-0.4, -0.2) is 35.7 Å². The molecule has 27 heavy (non-hydrogen) atoms. The van der Waals surface area contributed by atoms with Gasteiger partial charge >= 0.3 is 0 Å². The van der Waals surface area contributed by atoms with Gasteiger partial charge in [0.1, 0.15) is 0 Å². The number of nitrogens with one attached hydrogen (secondary N) is 1. The maximum atomic E-state index is 12.7. The monoisotopic (exact) mass is 364 g/mol. The zero-order valence-corrected chi connectivity index (χ0v) is 16.2. The van der Waals surface area contributed by atoms with Gasteiger partial charge in [0.15, 0.2) is 5.78 Å². The molecule has 1 saturated heterocycles. The SMILES string of the molecule is Cc1ccc(C(=O)CCNc2ccc(C(=O)N3CCCC[C@@H]3C)cc2)cc1. The first-order chi connectivity index (χ1) is 13.0. The van der Waals surface area contributed by atoms with Gasteiger partial charge in [0, 0.05) is 42.4 Å². The molecule has 0 unspecified atom stereocenters. The molecule has 1 atom stereocenters. The van der Waals surface area contributed by atoms with E-state index in [0.717, 1.165) is 41.8 Å². The van der Waals surface area contributed by atoms with E-state index < -0.39 is 0 Å². The quantitative estimate of drug-likeness (QED) is 0.756. The summed E-state index contributed by atoms with van der Waals surface area (Å²) in [6.45, 7) is 5.55. The van der Waals surface area contributed by atoms with E-state index >= 15 is 0 Å². The highest BCUT2D eigenvalue weighted by molar-refractivity contribution is 5.96. The Morgan fingerprint density at radius 3 is 2.33 bits per heavy atom. The molecule has 1 N–H and O–H groups in total. The molecule has 2 aromatic rings. The first-order valence-electron chi connectivity index (χ1n) is 9.79. The van der Waals surface area contributed by atoms with Gasteiger partial charge in [0.25, 0.3) is 5.91 Å². The number of ketones is 1. The molecule has 0 saturated carbocycles. The van der Waals surface area contributed by atoms with Crippen molar-refractivity contribution in [3.05, 3.63) is 65.2 Å². The minimum absolute atomic E-state index is 0.114. The number of carbonyl (C=O) groups excluding carboxylic acids is 2. The number of anilines is 1. The van der Waals surface area contributed by atoms with Gasteiger partial charge in [-0.05, 0) is 57.4 Å². The number of nitrogens with zero attached hydrogens (tertiary/aromatic N) is 1. The van der Waals surface area contributed by atoms with Gasteiger partial charge in [-0.3, -0.25) is 9.59 Å². The molecular weight excluding hydrogens is 336 g/mol. The summed E-state index contributed by atoms with van der Waals surface area (Å²) >= 11 is 0. The number of Topliss-reactive ketones (excluding diaryl/α,β-unsaturated/α-hetero) is 1. The van der Waals surface area contributed by atoms with Gasteiger partial charge < -0.3 is 10.2 Å². The standard InChI is InChI=1S/C23H28N2O2/c1-17-6-8-19(9-7-17)22(26)14-15-24-21-12-10-20(11-13-21)23(27)25-16-4-3-5-18(25)2/h6-13,18,24H,3-5,14-16H2,1-2H3/t18-/m0/s1. The van der Waals surface area contributed by atoms with Gasteiger partial charge in [0.05, 0.1) is 0 Å². The van der Waals surface area contributed by atoms with Crippen LogP contribution in [0, 0.1) is 6.92 Å². The predicted molar refractivity (Wildman–Crippen MR) is 109 cm³/mol. The summed E-state index contributed by atoms with van der Waals surface area (Å²) < 4.78 is 0. The molecule has 1 aliphatic rings. The van der Waals surface area contributed by atoms with Crippen molar-refractivity contribution in [3.63, 3.8) is 0 Å². The van der Waals surface area contributed by atoms with Crippen molar-refractivity contribution in [2.75, 3.05) is 18.4 Å². The Bertz CT molecular complexity index is 781. The normalized spacial score (nSPS) is 16.8. The topological polar surface area (TPSA) is 49.4 Å². The maximum absolute atomic E-state index is 12.7. The first kappa shape index (κ1) is 19.2. The summed E-state index contributed by atoms with van der Waals surface area (Å²) in [6, 6.07) is 15.5. The minimum atomic E-state index is 0.114. The van der Waals surface area contributed by atoms with Crippen LogP contribution in [0.15, 0.2) is 48.5 Å². The van der Waals surface area contributed by atoms with E-state index in [0.29, 0.717) is 19.0 Å². The molecule has 1 amide bonds. The fourth-order valence-electron chi connectivity index (χ4n) is 3.50.